The van der Waals surface area contributed by atoms with Crippen LogP contribution in [0.15, 0.2) is 36.4 Å². The van der Waals surface area contributed by atoms with Crippen LogP contribution in [0.3, 0.4) is 0 Å². The first kappa shape index (κ1) is 14.9. The molecular weight excluding hydrogens is 288 g/mol. The van der Waals surface area contributed by atoms with E-state index in [4.69, 9.17) is 4.74 Å². The van der Waals surface area contributed by atoms with Crippen molar-refractivity contribution in [3.05, 3.63) is 47.5 Å². The number of hydrogen-bond acceptors (Lipinski definition) is 3. The molecule has 2 fully saturated rings. The first-order chi connectivity index (χ1) is 11.1. The maximum absolute atomic E-state index is 12.5. The lowest BCUT2D eigenvalue weighted by Gasteiger charge is -2.24. The van der Waals surface area contributed by atoms with Crippen LogP contribution in [-0.4, -0.2) is 22.8 Å². The monoisotopic (exact) mass is 312 g/mol. The fourth-order valence-electron chi connectivity index (χ4n) is 4.59. The number of carbonyl (C=O) groups is 1. The minimum atomic E-state index is -0.293. The SMILES string of the molecule is CC1(OC(=O)c2cccc(C3CC4C=CC3C4O)c2)CCCC1. The molecule has 1 N–H and O–H groups in total. The minimum absolute atomic E-state index is 0.193. The largest absolute Gasteiger partial charge is 0.456 e. The minimum Gasteiger partial charge on any atom is -0.456 e. The van der Waals surface area contributed by atoms with Gasteiger partial charge in [-0.2, -0.15) is 0 Å². The highest BCUT2D eigenvalue weighted by Gasteiger charge is 2.44. The van der Waals surface area contributed by atoms with Gasteiger partial charge in [-0.1, -0.05) is 24.3 Å². The molecule has 3 aliphatic rings. The topological polar surface area (TPSA) is 46.5 Å². The van der Waals surface area contributed by atoms with Gasteiger partial charge in [0.25, 0.3) is 0 Å². The lowest BCUT2D eigenvalue weighted by molar-refractivity contribution is -0.00610. The van der Waals surface area contributed by atoms with E-state index >= 15 is 0 Å². The quantitative estimate of drug-likeness (QED) is 0.681. The van der Waals surface area contributed by atoms with Gasteiger partial charge in [0.15, 0.2) is 0 Å². The van der Waals surface area contributed by atoms with Crippen LogP contribution in [0, 0.1) is 11.8 Å². The first-order valence-electron chi connectivity index (χ1n) is 8.75. The maximum Gasteiger partial charge on any atom is 0.338 e. The number of carbonyl (C=O) groups excluding carboxylic acids is 1. The summed E-state index contributed by atoms with van der Waals surface area (Å²) in [5, 5.41) is 10.2. The zero-order chi connectivity index (χ0) is 16.0. The summed E-state index contributed by atoms with van der Waals surface area (Å²) in [6, 6.07) is 7.81. The smallest absolute Gasteiger partial charge is 0.338 e. The summed E-state index contributed by atoms with van der Waals surface area (Å²) in [6.07, 6.45) is 9.17. The Bertz CT molecular complexity index is 642. The Morgan fingerprint density at radius 3 is 2.70 bits per heavy atom. The highest BCUT2D eigenvalue weighted by Crippen LogP contribution is 2.49. The van der Waals surface area contributed by atoms with Crippen molar-refractivity contribution in [1.82, 2.24) is 0 Å². The molecular formula is C20H24O3. The second kappa shape index (κ2) is 5.48. The molecule has 1 aromatic rings. The van der Waals surface area contributed by atoms with Crippen molar-refractivity contribution in [2.45, 2.75) is 56.7 Å². The van der Waals surface area contributed by atoms with Gasteiger partial charge in [0.2, 0.25) is 0 Å². The van der Waals surface area contributed by atoms with E-state index in [1.54, 1.807) is 0 Å². The van der Waals surface area contributed by atoms with E-state index in [1.807, 2.05) is 25.1 Å². The molecule has 0 aliphatic heterocycles. The second-order valence-corrected chi connectivity index (χ2v) is 7.63. The van der Waals surface area contributed by atoms with Crippen molar-refractivity contribution in [1.29, 1.82) is 0 Å². The molecule has 23 heavy (non-hydrogen) atoms. The standard InChI is InChI=1S/C20H24O3/c1-20(9-2-3-10-20)23-19(22)15-6-4-5-13(11-15)17-12-14-7-8-16(17)18(14)21/h4-8,11,14,16-18,21H,2-3,9-10,12H2,1H3. The van der Waals surface area contributed by atoms with Crippen molar-refractivity contribution < 1.29 is 14.6 Å². The highest BCUT2D eigenvalue weighted by molar-refractivity contribution is 5.90. The van der Waals surface area contributed by atoms with E-state index in [1.165, 1.54) is 0 Å². The molecule has 1 aromatic carbocycles. The number of fused-ring (bicyclic) bond motifs is 2. The van der Waals surface area contributed by atoms with E-state index in [-0.39, 0.29) is 29.5 Å². The van der Waals surface area contributed by atoms with Gasteiger partial charge in [-0.25, -0.2) is 4.79 Å². The Morgan fingerprint density at radius 2 is 2.04 bits per heavy atom. The van der Waals surface area contributed by atoms with Crippen LogP contribution in [0.4, 0.5) is 0 Å². The molecule has 0 heterocycles. The highest BCUT2D eigenvalue weighted by atomic mass is 16.6. The van der Waals surface area contributed by atoms with Gasteiger partial charge in [0, 0.05) is 11.8 Å². The van der Waals surface area contributed by atoms with Gasteiger partial charge in [0.05, 0.1) is 11.7 Å². The number of ether oxygens (including phenoxy) is 1. The number of aliphatic hydroxyl groups is 1. The predicted molar refractivity (Wildman–Crippen MR) is 88.2 cm³/mol. The van der Waals surface area contributed by atoms with Gasteiger partial charge in [-0.15, -0.1) is 0 Å². The molecule has 2 bridgehead atoms. The van der Waals surface area contributed by atoms with Crippen LogP contribution in [0.25, 0.3) is 0 Å². The predicted octanol–water partition coefficient (Wildman–Crippen LogP) is 3.83. The fraction of sp³-hybridized carbons (Fsp3) is 0.550. The number of hydrogen-bond donors (Lipinski definition) is 1. The number of aliphatic hydroxyl groups excluding tert-OH is 1. The van der Waals surface area contributed by atoms with Crippen LogP contribution < -0.4 is 0 Å². The molecule has 4 rings (SSSR count). The summed E-state index contributed by atoms with van der Waals surface area (Å²) < 4.78 is 5.78. The van der Waals surface area contributed by atoms with Gasteiger partial charge < -0.3 is 9.84 Å². The summed E-state index contributed by atoms with van der Waals surface area (Å²) in [5.41, 5.74) is 1.49. The van der Waals surface area contributed by atoms with E-state index < -0.39 is 0 Å². The summed E-state index contributed by atoms with van der Waals surface area (Å²) in [7, 11) is 0. The van der Waals surface area contributed by atoms with E-state index in [2.05, 4.69) is 18.2 Å². The van der Waals surface area contributed by atoms with Crippen molar-refractivity contribution in [2.24, 2.45) is 11.8 Å². The molecule has 3 aliphatic carbocycles. The van der Waals surface area contributed by atoms with E-state index in [0.717, 1.165) is 37.7 Å². The summed E-state index contributed by atoms with van der Waals surface area (Å²) in [4.78, 5) is 12.5. The lowest BCUT2D eigenvalue weighted by atomic mass is 9.86. The summed E-state index contributed by atoms with van der Waals surface area (Å²) in [6.45, 7) is 2.04. The molecule has 3 heteroatoms. The Kier molecular flexibility index (Phi) is 3.56. The second-order valence-electron chi connectivity index (χ2n) is 7.63. The third-order valence-corrected chi connectivity index (χ3v) is 5.96. The van der Waals surface area contributed by atoms with E-state index in [9.17, 15) is 9.90 Å². The number of benzene rings is 1. The van der Waals surface area contributed by atoms with Gasteiger partial charge in [-0.3, -0.25) is 0 Å². The third-order valence-electron chi connectivity index (χ3n) is 5.96. The normalized spacial score (nSPS) is 34.0. The molecule has 2 saturated carbocycles. The molecule has 0 aromatic heterocycles. The van der Waals surface area contributed by atoms with Gasteiger partial charge in [-0.05, 0) is 62.6 Å². The molecule has 4 unspecified atom stereocenters. The maximum atomic E-state index is 12.5. The average molecular weight is 312 g/mol. The molecule has 4 atom stereocenters. The molecule has 0 radical (unpaired) electrons. The summed E-state index contributed by atoms with van der Waals surface area (Å²) in [5.74, 6) is 0.571. The Labute approximate surface area is 137 Å². The Morgan fingerprint density at radius 1 is 1.26 bits per heavy atom. The van der Waals surface area contributed by atoms with Crippen LogP contribution >= 0.6 is 0 Å². The fourth-order valence-corrected chi connectivity index (χ4v) is 4.59. The van der Waals surface area contributed by atoms with Crippen molar-refractivity contribution in [3.8, 4) is 0 Å². The van der Waals surface area contributed by atoms with Crippen molar-refractivity contribution >= 4 is 5.97 Å². The molecule has 122 valence electrons. The third kappa shape index (κ3) is 2.61. The first-order valence-corrected chi connectivity index (χ1v) is 8.75. The van der Waals surface area contributed by atoms with Gasteiger partial charge >= 0.3 is 5.97 Å². The van der Waals surface area contributed by atoms with Gasteiger partial charge in [0.1, 0.15) is 5.60 Å². The zero-order valence-electron chi connectivity index (χ0n) is 13.6. The van der Waals surface area contributed by atoms with Crippen molar-refractivity contribution in [2.75, 3.05) is 0 Å². The summed E-state index contributed by atoms with van der Waals surface area (Å²) >= 11 is 0. The average Bonchev–Trinajstić information content (AvgIpc) is 3.22. The molecule has 3 nitrogen and oxygen atoms in total. The molecule has 0 amide bonds. The molecule has 0 saturated heterocycles. The van der Waals surface area contributed by atoms with Crippen LogP contribution in [-0.2, 0) is 4.74 Å². The van der Waals surface area contributed by atoms with Crippen LogP contribution in [0.5, 0.6) is 0 Å². The van der Waals surface area contributed by atoms with Crippen LogP contribution in [0.2, 0.25) is 0 Å². The van der Waals surface area contributed by atoms with E-state index in [0.29, 0.717) is 11.5 Å². The Balaban J connectivity index is 1.53. The van der Waals surface area contributed by atoms with Crippen molar-refractivity contribution in [3.63, 3.8) is 0 Å². The number of esters is 1. The van der Waals surface area contributed by atoms with Crippen LogP contribution in [0.1, 0.15) is 60.9 Å². The Hall–Kier alpha value is -1.61. The molecule has 0 spiro atoms. The number of rotatable bonds is 3. The zero-order valence-corrected chi connectivity index (χ0v) is 13.6. The lowest BCUT2D eigenvalue weighted by Crippen LogP contribution is -2.28.